The number of methoxy groups -OCH3 is 3. The highest BCUT2D eigenvalue weighted by atomic mass is 16.5. The third-order valence-electron chi connectivity index (χ3n) is 8.14. The van der Waals surface area contributed by atoms with Crippen molar-refractivity contribution in [2.45, 2.75) is 26.0 Å². The quantitative estimate of drug-likeness (QED) is 0.175. The van der Waals surface area contributed by atoms with E-state index in [1.54, 1.807) is 36.4 Å². The molecule has 10 heteroatoms. The predicted molar refractivity (Wildman–Crippen MR) is 169 cm³/mol. The first-order valence-electron chi connectivity index (χ1n) is 15.0. The van der Waals surface area contributed by atoms with Crippen LogP contribution in [0.1, 0.15) is 34.7 Å². The standard InChI is InChI=1S/C35H40N2O8/c1-23-7-5-8-24(19-23)22-45-27-11-9-25(10-12-27)32(38)30-31(26-20-28(41-2)34(43-4)29(21-26)42-3)37(35(40)33(30)39)14-6-13-36-15-17-44-18-16-36/h5,7-12,19-21,31,38H,6,13-18,22H2,1-4H3/b32-30+. The molecule has 0 spiro atoms. The van der Waals surface area contributed by atoms with Crippen molar-refractivity contribution >= 4 is 17.4 Å². The SMILES string of the molecule is COc1cc(C2/C(=C(\O)c3ccc(OCc4cccc(C)c4)cc3)C(=O)C(=O)N2CCCN2CCOCC2)cc(OC)c1OC. The van der Waals surface area contributed by atoms with Crippen LogP contribution < -0.4 is 18.9 Å². The second-order valence-corrected chi connectivity index (χ2v) is 11.1. The van der Waals surface area contributed by atoms with Crippen LogP contribution in [0.3, 0.4) is 0 Å². The van der Waals surface area contributed by atoms with Gasteiger partial charge in [0.15, 0.2) is 11.5 Å². The van der Waals surface area contributed by atoms with Crippen LogP contribution in [0.5, 0.6) is 23.0 Å². The highest BCUT2D eigenvalue weighted by Crippen LogP contribution is 2.45. The van der Waals surface area contributed by atoms with Crippen LogP contribution in [0, 0.1) is 6.92 Å². The van der Waals surface area contributed by atoms with E-state index in [0.717, 1.165) is 30.8 Å². The van der Waals surface area contributed by atoms with Crippen LogP contribution in [0.4, 0.5) is 0 Å². The van der Waals surface area contributed by atoms with Gasteiger partial charge in [-0.25, -0.2) is 0 Å². The van der Waals surface area contributed by atoms with Crippen molar-refractivity contribution in [3.8, 4) is 23.0 Å². The molecule has 238 valence electrons. The number of ketones is 1. The monoisotopic (exact) mass is 616 g/mol. The highest BCUT2D eigenvalue weighted by molar-refractivity contribution is 6.46. The van der Waals surface area contributed by atoms with E-state index in [9.17, 15) is 14.7 Å². The molecule has 0 aromatic heterocycles. The number of hydrogen-bond donors (Lipinski definition) is 1. The van der Waals surface area contributed by atoms with Crippen molar-refractivity contribution in [3.05, 3.63) is 88.5 Å². The number of carbonyl (C=O) groups excluding carboxylic acids is 2. The molecule has 3 aromatic rings. The summed E-state index contributed by atoms with van der Waals surface area (Å²) in [5, 5.41) is 11.6. The molecule has 10 nitrogen and oxygen atoms in total. The Kier molecular flexibility index (Phi) is 10.3. The fourth-order valence-corrected chi connectivity index (χ4v) is 5.84. The summed E-state index contributed by atoms with van der Waals surface area (Å²) in [6.45, 7) is 6.46. The Bertz CT molecular complexity index is 1520. The number of aliphatic hydroxyl groups excluding tert-OH is 1. The number of aliphatic hydroxyl groups is 1. The minimum absolute atomic E-state index is 0.00549. The molecule has 2 aliphatic heterocycles. The number of morpholine rings is 1. The maximum atomic E-state index is 13.6. The lowest BCUT2D eigenvalue weighted by Gasteiger charge is -2.29. The molecule has 0 aliphatic carbocycles. The maximum Gasteiger partial charge on any atom is 0.295 e. The lowest BCUT2D eigenvalue weighted by Crippen LogP contribution is -2.39. The van der Waals surface area contributed by atoms with Gasteiger partial charge in [-0.2, -0.15) is 0 Å². The summed E-state index contributed by atoms with van der Waals surface area (Å²) in [6, 6.07) is 17.4. The number of likely N-dealkylation sites (tertiary alicyclic amines) is 1. The third kappa shape index (κ3) is 7.08. The molecular formula is C35H40N2O8. The molecule has 1 atom stereocenters. The number of rotatable bonds is 12. The van der Waals surface area contributed by atoms with E-state index in [4.69, 9.17) is 23.7 Å². The Balaban J connectivity index is 1.47. The molecule has 2 heterocycles. The topological polar surface area (TPSA) is 107 Å². The van der Waals surface area contributed by atoms with Crippen LogP contribution in [0.2, 0.25) is 0 Å². The zero-order valence-corrected chi connectivity index (χ0v) is 26.2. The summed E-state index contributed by atoms with van der Waals surface area (Å²) in [6.07, 6.45) is 0.640. The minimum atomic E-state index is -0.874. The predicted octanol–water partition coefficient (Wildman–Crippen LogP) is 4.74. The first-order valence-corrected chi connectivity index (χ1v) is 15.0. The van der Waals surface area contributed by atoms with Gasteiger partial charge in [-0.15, -0.1) is 0 Å². The van der Waals surface area contributed by atoms with E-state index < -0.39 is 17.7 Å². The summed E-state index contributed by atoms with van der Waals surface area (Å²) in [5.74, 6) is 0.0506. The van der Waals surface area contributed by atoms with Crippen LogP contribution in [0.25, 0.3) is 5.76 Å². The molecule has 45 heavy (non-hydrogen) atoms. The summed E-state index contributed by atoms with van der Waals surface area (Å²) in [4.78, 5) is 31.0. The third-order valence-corrected chi connectivity index (χ3v) is 8.14. The molecule has 2 saturated heterocycles. The van der Waals surface area contributed by atoms with E-state index >= 15 is 0 Å². The summed E-state index contributed by atoms with van der Waals surface area (Å²) in [7, 11) is 4.51. The number of hydrogen-bond acceptors (Lipinski definition) is 9. The number of benzene rings is 3. The number of nitrogens with zero attached hydrogens (tertiary/aromatic N) is 2. The number of amides is 1. The normalized spacial score (nSPS) is 18.2. The first-order chi connectivity index (χ1) is 21.8. The van der Waals surface area contributed by atoms with Gasteiger partial charge in [0, 0.05) is 31.7 Å². The molecule has 0 saturated carbocycles. The lowest BCUT2D eigenvalue weighted by atomic mass is 9.94. The van der Waals surface area contributed by atoms with Crippen LogP contribution in [0.15, 0.2) is 66.2 Å². The van der Waals surface area contributed by atoms with Crippen LogP contribution in [-0.4, -0.2) is 87.3 Å². The smallest absolute Gasteiger partial charge is 0.295 e. The van der Waals surface area contributed by atoms with Gasteiger partial charge in [-0.1, -0.05) is 29.8 Å². The number of carbonyl (C=O) groups is 2. The van der Waals surface area contributed by atoms with Crippen molar-refractivity contribution < 1.29 is 38.4 Å². The molecule has 5 rings (SSSR count). The van der Waals surface area contributed by atoms with Crippen molar-refractivity contribution in [1.29, 1.82) is 0 Å². The Morgan fingerprint density at radius 1 is 0.911 bits per heavy atom. The van der Waals surface area contributed by atoms with Crippen molar-refractivity contribution in [3.63, 3.8) is 0 Å². The lowest BCUT2D eigenvalue weighted by molar-refractivity contribution is -0.140. The Morgan fingerprint density at radius 2 is 1.60 bits per heavy atom. The van der Waals surface area contributed by atoms with Gasteiger partial charge in [0.25, 0.3) is 11.7 Å². The van der Waals surface area contributed by atoms with Gasteiger partial charge in [-0.3, -0.25) is 14.5 Å². The highest BCUT2D eigenvalue weighted by Gasteiger charge is 2.46. The molecule has 1 amide bonds. The van der Waals surface area contributed by atoms with Crippen molar-refractivity contribution in [2.75, 3.05) is 60.7 Å². The fourth-order valence-electron chi connectivity index (χ4n) is 5.84. The number of aryl methyl sites for hydroxylation is 1. The molecular weight excluding hydrogens is 576 g/mol. The zero-order valence-electron chi connectivity index (χ0n) is 26.2. The van der Waals surface area contributed by atoms with Gasteiger partial charge >= 0.3 is 0 Å². The van der Waals surface area contributed by atoms with Crippen LogP contribution in [-0.2, 0) is 20.9 Å². The maximum absolute atomic E-state index is 13.6. The number of Topliss-reactive ketones (excluding diaryl/α,β-unsaturated/α-hetero) is 1. The zero-order chi connectivity index (χ0) is 31.9. The van der Waals surface area contributed by atoms with E-state index in [-0.39, 0.29) is 11.3 Å². The summed E-state index contributed by atoms with van der Waals surface area (Å²) >= 11 is 0. The Labute approximate surface area is 263 Å². The van der Waals surface area contributed by atoms with Crippen molar-refractivity contribution in [2.24, 2.45) is 0 Å². The van der Waals surface area contributed by atoms with Gasteiger partial charge in [-0.05, 0) is 60.9 Å². The molecule has 0 bridgehead atoms. The average molecular weight is 617 g/mol. The summed E-state index contributed by atoms with van der Waals surface area (Å²) in [5.41, 5.74) is 3.13. The number of ether oxygens (including phenoxy) is 5. The summed E-state index contributed by atoms with van der Waals surface area (Å²) < 4.78 is 28.0. The van der Waals surface area contributed by atoms with E-state index in [0.29, 0.717) is 66.9 Å². The molecule has 3 aromatic carbocycles. The molecule has 2 fully saturated rings. The largest absolute Gasteiger partial charge is 0.507 e. The Hall–Kier alpha value is -4.54. The van der Waals surface area contributed by atoms with E-state index in [2.05, 4.69) is 11.0 Å². The Morgan fingerprint density at radius 3 is 2.22 bits per heavy atom. The minimum Gasteiger partial charge on any atom is -0.507 e. The average Bonchev–Trinajstić information content (AvgIpc) is 3.32. The second kappa shape index (κ2) is 14.5. The van der Waals surface area contributed by atoms with Gasteiger partial charge in [0.05, 0.1) is 46.2 Å². The molecule has 1 N–H and O–H groups in total. The molecule has 0 radical (unpaired) electrons. The van der Waals surface area contributed by atoms with Gasteiger partial charge in [0.1, 0.15) is 18.1 Å². The molecule has 1 unspecified atom stereocenters. The van der Waals surface area contributed by atoms with Gasteiger partial charge in [0.2, 0.25) is 5.75 Å². The van der Waals surface area contributed by atoms with Crippen molar-refractivity contribution in [1.82, 2.24) is 9.80 Å². The second-order valence-electron chi connectivity index (χ2n) is 11.1. The van der Waals surface area contributed by atoms with Gasteiger partial charge < -0.3 is 33.7 Å². The van der Waals surface area contributed by atoms with Crippen LogP contribution >= 0.6 is 0 Å². The van der Waals surface area contributed by atoms with E-state index in [1.165, 1.54) is 26.2 Å². The first kappa shape index (κ1) is 31.9. The molecule has 2 aliphatic rings. The fraction of sp³-hybridized carbons (Fsp3) is 0.371. The van der Waals surface area contributed by atoms with E-state index in [1.807, 2.05) is 25.1 Å².